The quantitative estimate of drug-likeness (QED) is 0.868. The van der Waals surface area contributed by atoms with Gasteiger partial charge in [-0.15, -0.1) is 0 Å². The SMILES string of the molecule is Cc1cc(C)nc(OC2CCN(C(=O)N3CCNC3=O)C2)n1. The monoisotopic (exact) mass is 305 g/mol. The first kappa shape index (κ1) is 14.6. The molecule has 4 amide bonds. The number of carbonyl (C=O) groups is 2. The van der Waals surface area contributed by atoms with Gasteiger partial charge in [0.15, 0.2) is 0 Å². The molecule has 1 aromatic heterocycles. The van der Waals surface area contributed by atoms with Crippen LogP contribution in [0.2, 0.25) is 0 Å². The fraction of sp³-hybridized carbons (Fsp3) is 0.571. The van der Waals surface area contributed by atoms with E-state index in [0.29, 0.717) is 38.6 Å². The number of hydrogen-bond acceptors (Lipinski definition) is 5. The molecule has 0 bridgehead atoms. The van der Waals surface area contributed by atoms with Crippen molar-refractivity contribution in [2.24, 2.45) is 0 Å². The summed E-state index contributed by atoms with van der Waals surface area (Å²) in [5.41, 5.74) is 1.70. The van der Waals surface area contributed by atoms with Crippen LogP contribution < -0.4 is 10.1 Å². The number of urea groups is 2. The Morgan fingerprint density at radius 3 is 2.68 bits per heavy atom. The minimum absolute atomic E-state index is 0.143. The zero-order valence-corrected chi connectivity index (χ0v) is 12.7. The van der Waals surface area contributed by atoms with Crippen LogP contribution in [0, 0.1) is 13.8 Å². The van der Waals surface area contributed by atoms with Crippen molar-refractivity contribution in [3.8, 4) is 6.01 Å². The lowest BCUT2D eigenvalue weighted by Gasteiger charge is -2.21. The first-order valence-corrected chi connectivity index (χ1v) is 7.36. The van der Waals surface area contributed by atoms with E-state index in [9.17, 15) is 9.59 Å². The molecule has 2 aliphatic heterocycles. The summed E-state index contributed by atoms with van der Waals surface area (Å²) in [6, 6.07) is 1.63. The Morgan fingerprint density at radius 2 is 2.05 bits per heavy atom. The molecule has 0 aliphatic carbocycles. The number of nitrogens with one attached hydrogen (secondary N) is 1. The summed E-state index contributed by atoms with van der Waals surface area (Å²) in [4.78, 5) is 35.2. The lowest BCUT2D eigenvalue weighted by Crippen LogP contribution is -2.44. The standard InChI is InChI=1S/C14H19N5O3/c1-9-7-10(2)17-12(16-9)22-11-3-5-18(8-11)14(21)19-6-4-15-13(19)20/h7,11H,3-6,8H2,1-2H3,(H,15,20). The number of amides is 4. The van der Waals surface area contributed by atoms with Gasteiger partial charge in [-0.3, -0.25) is 0 Å². The normalized spacial score (nSPS) is 21.2. The maximum absolute atomic E-state index is 12.3. The van der Waals surface area contributed by atoms with Crippen LogP contribution >= 0.6 is 0 Å². The highest BCUT2D eigenvalue weighted by atomic mass is 16.5. The Balaban J connectivity index is 1.60. The maximum Gasteiger partial charge on any atom is 0.328 e. The molecule has 3 rings (SSSR count). The molecule has 0 aromatic carbocycles. The van der Waals surface area contributed by atoms with E-state index in [1.807, 2.05) is 19.9 Å². The Hall–Kier alpha value is -2.38. The van der Waals surface area contributed by atoms with Gasteiger partial charge in [-0.1, -0.05) is 0 Å². The van der Waals surface area contributed by atoms with Crippen molar-refractivity contribution < 1.29 is 14.3 Å². The van der Waals surface area contributed by atoms with Crippen LogP contribution in [0.4, 0.5) is 9.59 Å². The number of nitrogens with zero attached hydrogens (tertiary/aromatic N) is 4. The molecule has 0 radical (unpaired) electrons. The summed E-state index contributed by atoms with van der Waals surface area (Å²) >= 11 is 0. The number of ether oxygens (including phenoxy) is 1. The van der Waals surface area contributed by atoms with Crippen molar-refractivity contribution in [1.29, 1.82) is 0 Å². The number of rotatable bonds is 2. The van der Waals surface area contributed by atoms with Gasteiger partial charge in [0, 0.05) is 37.4 Å². The number of aryl methyl sites for hydroxylation is 2. The Morgan fingerprint density at radius 1 is 1.32 bits per heavy atom. The topological polar surface area (TPSA) is 87.7 Å². The molecule has 1 aromatic rings. The second-order valence-corrected chi connectivity index (χ2v) is 5.57. The first-order valence-electron chi connectivity index (χ1n) is 7.36. The molecule has 1 N–H and O–H groups in total. The molecule has 0 spiro atoms. The van der Waals surface area contributed by atoms with Crippen LogP contribution in [0.1, 0.15) is 17.8 Å². The van der Waals surface area contributed by atoms with Gasteiger partial charge in [-0.25, -0.2) is 24.5 Å². The van der Waals surface area contributed by atoms with Crippen molar-refractivity contribution >= 4 is 12.1 Å². The molecular formula is C14H19N5O3. The van der Waals surface area contributed by atoms with E-state index >= 15 is 0 Å². The van der Waals surface area contributed by atoms with Gasteiger partial charge in [0.2, 0.25) is 0 Å². The number of carbonyl (C=O) groups excluding carboxylic acids is 2. The fourth-order valence-electron chi connectivity index (χ4n) is 2.72. The number of aromatic nitrogens is 2. The highest BCUT2D eigenvalue weighted by molar-refractivity contribution is 5.95. The van der Waals surface area contributed by atoms with E-state index in [2.05, 4.69) is 15.3 Å². The first-order chi connectivity index (χ1) is 10.5. The number of likely N-dealkylation sites (tertiary alicyclic amines) is 1. The van der Waals surface area contributed by atoms with Gasteiger partial charge >= 0.3 is 18.1 Å². The molecule has 8 nitrogen and oxygen atoms in total. The lowest BCUT2D eigenvalue weighted by molar-refractivity contribution is 0.158. The minimum atomic E-state index is -0.327. The lowest BCUT2D eigenvalue weighted by atomic mass is 10.3. The van der Waals surface area contributed by atoms with Crippen LogP contribution in [0.25, 0.3) is 0 Å². The van der Waals surface area contributed by atoms with Crippen molar-refractivity contribution in [3.63, 3.8) is 0 Å². The molecule has 8 heteroatoms. The average molecular weight is 305 g/mol. The molecule has 0 saturated carbocycles. The van der Waals surface area contributed by atoms with Gasteiger partial charge in [-0.05, 0) is 19.9 Å². The molecule has 2 saturated heterocycles. The van der Waals surface area contributed by atoms with Crippen molar-refractivity contribution in [1.82, 2.24) is 25.1 Å². The van der Waals surface area contributed by atoms with Gasteiger partial charge < -0.3 is 15.0 Å². The fourth-order valence-corrected chi connectivity index (χ4v) is 2.72. The van der Waals surface area contributed by atoms with E-state index in [0.717, 1.165) is 11.4 Å². The van der Waals surface area contributed by atoms with Crippen LogP contribution in [0.5, 0.6) is 6.01 Å². The van der Waals surface area contributed by atoms with Crippen LogP contribution in [0.15, 0.2) is 6.07 Å². The Bertz CT molecular complexity index is 586. The van der Waals surface area contributed by atoms with Gasteiger partial charge in [0.25, 0.3) is 0 Å². The summed E-state index contributed by atoms with van der Waals surface area (Å²) in [7, 11) is 0. The summed E-state index contributed by atoms with van der Waals surface area (Å²) in [5, 5.41) is 2.63. The summed E-state index contributed by atoms with van der Waals surface area (Å²) in [5.74, 6) is 0. The van der Waals surface area contributed by atoms with Crippen LogP contribution in [0.3, 0.4) is 0 Å². The second kappa shape index (κ2) is 5.78. The van der Waals surface area contributed by atoms with E-state index in [-0.39, 0.29) is 18.2 Å². The number of hydrogen-bond donors (Lipinski definition) is 1. The smallest absolute Gasteiger partial charge is 0.328 e. The van der Waals surface area contributed by atoms with Gasteiger partial charge in [0.1, 0.15) is 6.10 Å². The summed E-state index contributed by atoms with van der Waals surface area (Å²) in [6.07, 6.45) is 0.563. The molecule has 22 heavy (non-hydrogen) atoms. The van der Waals surface area contributed by atoms with E-state index < -0.39 is 0 Å². The third-order valence-electron chi connectivity index (χ3n) is 3.74. The molecule has 1 atom stereocenters. The van der Waals surface area contributed by atoms with Crippen molar-refractivity contribution in [3.05, 3.63) is 17.5 Å². The summed E-state index contributed by atoms with van der Waals surface area (Å²) in [6.45, 7) is 5.71. The molecule has 118 valence electrons. The predicted molar refractivity (Wildman–Crippen MR) is 77.6 cm³/mol. The predicted octanol–water partition coefficient (Wildman–Crippen LogP) is 0.692. The van der Waals surface area contributed by atoms with Gasteiger partial charge in [0.05, 0.1) is 6.54 Å². The van der Waals surface area contributed by atoms with Crippen LogP contribution in [-0.2, 0) is 0 Å². The van der Waals surface area contributed by atoms with E-state index in [1.54, 1.807) is 4.90 Å². The highest BCUT2D eigenvalue weighted by Crippen LogP contribution is 2.18. The highest BCUT2D eigenvalue weighted by Gasteiger charge is 2.35. The molecule has 3 heterocycles. The maximum atomic E-state index is 12.3. The Kier molecular flexibility index (Phi) is 3.82. The summed E-state index contributed by atoms with van der Waals surface area (Å²) < 4.78 is 5.77. The zero-order valence-electron chi connectivity index (χ0n) is 12.7. The third-order valence-corrected chi connectivity index (χ3v) is 3.74. The molecule has 2 fully saturated rings. The Labute approximate surface area is 128 Å². The molecular weight excluding hydrogens is 286 g/mol. The van der Waals surface area contributed by atoms with E-state index in [1.165, 1.54) is 4.90 Å². The minimum Gasteiger partial charge on any atom is -0.458 e. The molecule has 2 aliphatic rings. The molecule has 1 unspecified atom stereocenters. The largest absolute Gasteiger partial charge is 0.458 e. The third kappa shape index (κ3) is 2.95. The zero-order chi connectivity index (χ0) is 15.7. The van der Waals surface area contributed by atoms with Crippen molar-refractivity contribution in [2.75, 3.05) is 26.2 Å². The number of imide groups is 1. The van der Waals surface area contributed by atoms with E-state index in [4.69, 9.17) is 4.74 Å². The second-order valence-electron chi connectivity index (χ2n) is 5.57. The van der Waals surface area contributed by atoms with Crippen molar-refractivity contribution in [2.45, 2.75) is 26.4 Å². The average Bonchev–Trinajstić information content (AvgIpc) is 3.06. The van der Waals surface area contributed by atoms with Crippen LogP contribution in [-0.4, -0.2) is 64.1 Å². The van der Waals surface area contributed by atoms with Gasteiger partial charge in [-0.2, -0.15) is 0 Å².